The van der Waals surface area contributed by atoms with Gasteiger partial charge in [0.05, 0.1) is 19.8 Å². The standard InChI is InChI=1S/C22H38N4O4.HI/c1-9-22(10-2,26-20(27)30-21(3,4)5)15-25-19(23-6)24-14-16-11-12-17(28-7)18(13-16)29-8;/h11-13H,9-10,14-15H2,1-8H3,(H,26,27)(H2,23,24,25);1H. The fourth-order valence-corrected chi connectivity index (χ4v) is 2.89. The number of hydrogen-bond donors (Lipinski definition) is 3. The van der Waals surface area contributed by atoms with Crippen LogP contribution >= 0.6 is 24.0 Å². The molecular weight excluding hydrogens is 511 g/mol. The Hall–Kier alpha value is -1.91. The van der Waals surface area contributed by atoms with E-state index in [1.54, 1.807) is 21.3 Å². The van der Waals surface area contributed by atoms with E-state index >= 15 is 0 Å². The number of carbonyl (C=O) groups excluding carboxylic acids is 1. The highest BCUT2D eigenvalue weighted by Crippen LogP contribution is 2.27. The number of ether oxygens (including phenoxy) is 3. The van der Waals surface area contributed by atoms with Crippen molar-refractivity contribution >= 4 is 36.0 Å². The van der Waals surface area contributed by atoms with Crippen LogP contribution in [0.4, 0.5) is 4.79 Å². The van der Waals surface area contributed by atoms with E-state index in [0.717, 1.165) is 18.4 Å². The number of carbonyl (C=O) groups is 1. The molecule has 0 aliphatic carbocycles. The van der Waals surface area contributed by atoms with Gasteiger partial charge in [-0.05, 0) is 51.3 Å². The van der Waals surface area contributed by atoms with Gasteiger partial charge in [0, 0.05) is 20.1 Å². The summed E-state index contributed by atoms with van der Waals surface area (Å²) in [5, 5.41) is 9.63. The van der Waals surface area contributed by atoms with E-state index in [4.69, 9.17) is 14.2 Å². The number of nitrogens with one attached hydrogen (secondary N) is 3. The maximum Gasteiger partial charge on any atom is 0.408 e. The van der Waals surface area contributed by atoms with Gasteiger partial charge in [0.2, 0.25) is 0 Å². The van der Waals surface area contributed by atoms with Gasteiger partial charge in [-0.25, -0.2) is 4.79 Å². The molecule has 0 aromatic heterocycles. The molecule has 1 amide bonds. The smallest absolute Gasteiger partial charge is 0.408 e. The Bertz CT molecular complexity index is 716. The molecule has 1 aromatic carbocycles. The zero-order chi connectivity index (χ0) is 22.8. The van der Waals surface area contributed by atoms with Crippen LogP contribution in [0, 0.1) is 0 Å². The summed E-state index contributed by atoms with van der Waals surface area (Å²) in [5.41, 5.74) is 0.0464. The van der Waals surface area contributed by atoms with Crippen molar-refractivity contribution in [2.45, 2.75) is 65.1 Å². The molecule has 0 radical (unpaired) electrons. The molecule has 31 heavy (non-hydrogen) atoms. The summed E-state index contributed by atoms with van der Waals surface area (Å²) in [6, 6.07) is 5.76. The number of amides is 1. The molecule has 0 unspecified atom stereocenters. The van der Waals surface area contributed by atoms with Crippen molar-refractivity contribution in [1.29, 1.82) is 0 Å². The molecule has 1 rings (SSSR count). The van der Waals surface area contributed by atoms with E-state index in [2.05, 4.69) is 20.9 Å². The van der Waals surface area contributed by atoms with Crippen LogP contribution < -0.4 is 25.4 Å². The summed E-state index contributed by atoms with van der Waals surface area (Å²) in [6.07, 6.45) is 1.09. The van der Waals surface area contributed by atoms with Crippen molar-refractivity contribution in [2.75, 3.05) is 27.8 Å². The molecule has 8 nitrogen and oxygen atoms in total. The molecule has 0 saturated carbocycles. The lowest BCUT2D eigenvalue weighted by atomic mass is 9.93. The van der Waals surface area contributed by atoms with Gasteiger partial charge in [0.25, 0.3) is 0 Å². The molecule has 0 fully saturated rings. The minimum absolute atomic E-state index is 0. The van der Waals surface area contributed by atoms with Crippen molar-refractivity contribution in [1.82, 2.24) is 16.0 Å². The maximum atomic E-state index is 12.3. The lowest BCUT2D eigenvalue weighted by Crippen LogP contribution is -2.57. The molecule has 0 aliphatic heterocycles. The van der Waals surface area contributed by atoms with Gasteiger partial charge >= 0.3 is 6.09 Å². The van der Waals surface area contributed by atoms with E-state index < -0.39 is 17.2 Å². The zero-order valence-corrected chi connectivity index (χ0v) is 22.4. The molecular formula is C22H39IN4O4. The Morgan fingerprint density at radius 3 is 2.13 bits per heavy atom. The third kappa shape index (κ3) is 9.84. The van der Waals surface area contributed by atoms with E-state index in [1.807, 2.05) is 52.8 Å². The molecule has 9 heteroatoms. The van der Waals surface area contributed by atoms with Crippen molar-refractivity contribution in [3.8, 4) is 11.5 Å². The van der Waals surface area contributed by atoms with Crippen molar-refractivity contribution in [3.05, 3.63) is 23.8 Å². The number of hydrogen-bond acceptors (Lipinski definition) is 5. The average Bonchev–Trinajstić information content (AvgIpc) is 2.71. The summed E-state index contributed by atoms with van der Waals surface area (Å²) in [5.74, 6) is 2.01. The van der Waals surface area contributed by atoms with Crippen molar-refractivity contribution in [2.24, 2.45) is 4.99 Å². The Balaban J connectivity index is 0.00000900. The van der Waals surface area contributed by atoms with E-state index in [1.165, 1.54) is 0 Å². The number of nitrogens with zero attached hydrogens (tertiary/aromatic N) is 1. The zero-order valence-electron chi connectivity index (χ0n) is 20.0. The maximum absolute atomic E-state index is 12.3. The van der Waals surface area contributed by atoms with Gasteiger partial charge in [-0.1, -0.05) is 19.9 Å². The Morgan fingerprint density at radius 1 is 1.03 bits per heavy atom. The number of methoxy groups -OCH3 is 2. The second-order valence-electron chi connectivity index (χ2n) is 8.08. The first-order valence-corrected chi connectivity index (χ1v) is 10.3. The number of guanidine groups is 1. The third-order valence-electron chi connectivity index (χ3n) is 4.85. The quantitative estimate of drug-likeness (QED) is 0.244. The second-order valence-corrected chi connectivity index (χ2v) is 8.08. The van der Waals surface area contributed by atoms with Crippen LogP contribution in [-0.4, -0.2) is 51.0 Å². The summed E-state index contributed by atoms with van der Waals surface area (Å²) >= 11 is 0. The van der Waals surface area contributed by atoms with Gasteiger partial charge < -0.3 is 30.2 Å². The highest BCUT2D eigenvalue weighted by molar-refractivity contribution is 14.0. The Labute approximate surface area is 203 Å². The number of rotatable bonds is 9. The van der Waals surface area contributed by atoms with Crippen LogP contribution in [0.25, 0.3) is 0 Å². The van der Waals surface area contributed by atoms with E-state index in [-0.39, 0.29) is 24.0 Å². The predicted molar refractivity (Wildman–Crippen MR) is 136 cm³/mol. The largest absolute Gasteiger partial charge is 0.493 e. The minimum atomic E-state index is -0.540. The highest BCUT2D eigenvalue weighted by atomic mass is 127. The topological polar surface area (TPSA) is 93.2 Å². The SMILES string of the molecule is CCC(CC)(CNC(=NC)NCc1ccc(OC)c(OC)c1)NC(=O)OC(C)(C)C.I. The van der Waals surface area contributed by atoms with Crippen molar-refractivity contribution < 1.29 is 19.0 Å². The third-order valence-corrected chi connectivity index (χ3v) is 4.85. The number of aliphatic imine (C=N–C) groups is 1. The molecule has 0 spiro atoms. The molecule has 0 aliphatic rings. The van der Waals surface area contributed by atoms with Crippen LogP contribution in [0.3, 0.4) is 0 Å². The monoisotopic (exact) mass is 550 g/mol. The minimum Gasteiger partial charge on any atom is -0.493 e. The lowest BCUT2D eigenvalue weighted by molar-refractivity contribution is 0.0448. The van der Waals surface area contributed by atoms with Crippen LogP contribution in [0.5, 0.6) is 11.5 Å². The number of alkyl carbamates (subject to hydrolysis) is 1. The fraction of sp³-hybridized carbons (Fsp3) is 0.636. The van der Waals surface area contributed by atoms with Crippen LogP contribution in [0.1, 0.15) is 53.0 Å². The van der Waals surface area contributed by atoms with Gasteiger partial charge in [-0.2, -0.15) is 0 Å². The van der Waals surface area contributed by atoms with Gasteiger partial charge in [0.1, 0.15) is 5.60 Å². The van der Waals surface area contributed by atoms with E-state index in [0.29, 0.717) is 30.5 Å². The molecule has 0 bridgehead atoms. The lowest BCUT2D eigenvalue weighted by Gasteiger charge is -2.34. The first kappa shape index (κ1) is 29.1. The summed E-state index contributed by atoms with van der Waals surface area (Å²) < 4.78 is 16.1. The summed E-state index contributed by atoms with van der Waals surface area (Å²) in [7, 11) is 4.94. The number of halogens is 1. The predicted octanol–water partition coefficient (Wildman–Crippen LogP) is 4.07. The average molecular weight is 550 g/mol. The highest BCUT2D eigenvalue weighted by Gasteiger charge is 2.30. The Morgan fingerprint density at radius 2 is 1.65 bits per heavy atom. The molecule has 0 saturated heterocycles. The van der Waals surface area contributed by atoms with Crippen LogP contribution in [0.15, 0.2) is 23.2 Å². The summed E-state index contributed by atoms with van der Waals surface area (Å²) in [6.45, 7) is 10.7. The Kier molecular flexibility index (Phi) is 12.7. The van der Waals surface area contributed by atoms with E-state index in [9.17, 15) is 4.79 Å². The number of benzene rings is 1. The van der Waals surface area contributed by atoms with Crippen molar-refractivity contribution in [3.63, 3.8) is 0 Å². The van der Waals surface area contributed by atoms with Crippen LogP contribution in [-0.2, 0) is 11.3 Å². The van der Waals surface area contributed by atoms with Gasteiger partial charge in [-0.3, -0.25) is 4.99 Å². The fourth-order valence-electron chi connectivity index (χ4n) is 2.89. The molecule has 3 N–H and O–H groups in total. The van der Waals surface area contributed by atoms with Gasteiger partial charge in [-0.15, -0.1) is 24.0 Å². The molecule has 1 aromatic rings. The first-order valence-electron chi connectivity index (χ1n) is 10.3. The molecule has 0 heterocycles. The summed E-state index contributed by atoms with van der Waals surface area (Å²) in [4.78, 5) is 16.6. The van der Waals surface area contributed by atoms with Crippen LogP contribution in [0.2, 0.25) is 0 Å². The molecule has 0 atom stereocenters. The molecule has 178 valence electrons. The second kappa shape index (κ2) is 13.5. The normalized spacial score (nSPS) is 11.8. The first-order chi connectivity index (χ1) is 14.1. The van der Waals surface area contributed by atoms with Gasteiger partial charge in [0.15, 0.2) is 17.5 Å².